The van der Waals surface area contributed by atoms with Crippen LogP contribution in [0.1, 0.15) is 85.0 Å². The molecular weight excluding hydrogens is 256 g/mol. The average Bonchev–Trinajstić information content (AvgIpc) is 3.01. The van der Waals surface area contributed by atoms with Gasteiger partial charge in [0.25, 0.3) is 0 Å². The van der Waals surface area contributed by atoms with Crippen molar-refractivity contribution < 1.29 is 0 Å². The summed E-state index contributed by atoms with van der Waals surface area (Å²) in [7, 11) is 0. The Bertz CT molecular complexity index is 296. The van der Waals surface area contributed by atoms with Crippen molar-refractivity contribution >= 4 is 0 Å². The molecule has 124 valence electrons. The van der Waals surface area contributed by atoms with Crippen LogP contribution in [0, 0.1) is 11.8 Å². The lowest BCUT2D eigenvalue weighted by atomic mass is 9.73. The van der Waals surface area contributed by atoms with E-state index in [2.05, 4.69) is 25.7 Å². The van der Waals surface area contributed by atoms with E-state index in [-0.39, 0.29) is 0 Å². The summed E-state index contributed by atoms with van der Waals surface area (Å²) < 4.78 is 0. The zero-order valence-electron chi connectivity index (χ0n) is 14.7. The van der Waals surface area contributed by atoms with Crippen molar-refractivity contribution in [2.45, 2.75) is 96.6 Å². The van der Waals surface area contributed by atoms with Gasteiger partial charge in [0.15, 0.2) is 0 Å². The third kappa shape index (κ3) is 4.22. The third-order valence-electron chi connectivity index (χ3n) is 6.20. The molecule has 0 saturated heterocycles. The second-order valence-corrected chi connectivity index (χ2v) is 8.11. The normalized spacial score (nSPS) is 31.4. The fraction of sp³-hybridized carbons (Fsp3) is 1.00. The van der Waals surface area contributed by atoms with E-state index in [9.17, 15) is 0 Å². The van der Waals surface area contributed by atoms with E-state index in [0.717, 1.165) is 24.4 Å². The first-order valence-corrected chi connectivity index (χ1v) is 9.58. The van der Waals surface area contributed by atoms with Crippen molar-refractivity contribution in [3.8, 4) is 0 Å². The average molecular weight is 295 g/mol. The van der Waals surface area contributed by atoms with Crippen molar-refractivity contribution in [1.29, 1.82) is 0 Å². The molecule has 0 aliphatic heterocycles. The number of hydrogen-bond acceptors (Lipinski definition) is 2. The summed E-state index contributed by atoms with van der Waals surface area (Å²) in [4.78, 5) is 2.90. The standard InChI is InChI=1S/C19H38N2/c1-4-17-8-7-12-19(14-17,15-20)21(13-11-16(2)3)18-9-5-6-10-18/h16-18H,4-15,20H2,1-3H3. The molecule has 2 aliphatic rings. The highest BCUT2D eigenvalue weighted by atomic mass is 15.2. The Kier molecular flexibility index (Phi) is 6.55. The lowest BCUT2D eigenvalue weighted by molar-refractivity contribution is -0.000520. The topological polar surface area (TPSA) is 29.3 Å². The van der Waals surface area contributed by atoms with Crippen LogP contribution >= 0.6 is 0 Å². The van der Waals surface area contributed by atoms with Gasteiger partial charge in [-0.05, 0) is 50.5 Å². The van der Waals surface area contributed by atoms with Gasteiger partial charge in [0, 0.05) is 18.1 Å². The van der Waals surface area contributed by atoms with Crippen molar-refractivity contribution in [2.75, 3.05) is 13.1 Å². The fourth-order valence-electron chi connectivity index (χ4n) is 4.79. The highest BCUT2D eigenvalue weighted by Gasteiger charge is 2.42. The molecule has 2 unspecified atom stereocenters. The maximum absolute atomic E-state index is 6.39. The second kappa shape index (κ2) is 7.97. The molecule has 2 heteroatoms. The van der Waals surface area contributed by atoms with E-state index in [1.807, 2.05) is 0 Å². The molecule has 0 bridgehead atoms. The molecule has 2 aliphatic carbocycles. The van der Waals surface area contributed by atoms with Crippen LogP contribution in [0.4, 0.5) is 0 Å². The Morgan fingerprint density at radius 2 is 1.86 bits per heavy atom. The van der Waals surface area contributed by atoms with Gasteiger partial charge in [-0.1, -0.05) is 52.9 Å². The van der Waals surface area contributed by atoms with E-state index in [0.29, 0.717) is 5.54 Å². The molecular formula is C19H38N2. The van der Waals surface area contributed by atoms with Crippen LogP contribution in [-0.4, -0.2) is 29.6 Å². The summed E-state index contributed by atoms with van der Waals surface area (Å²) in [6.07, 6.45) is 13.9. The molecule has 0 aromatic rings. The number of hydrogen-bond donors (Lipinski definition) is 1. The number of rotatable bonds is 7. The van der Waals surface area contributed by atoms with E-state index in [1.54, 1.807) is 0 Å². The Morgan fingerprint density at radius 3 is 2.43 bits per heavy atom. The van der Waals surface area contributed by atoms with Crippen molar-refractivity contribution in [1.82, 2.24) is 4.90 Å². The summed E-state index contributed by atoms with van der Waals surface area (Å²) in [5, 5.41) is 0. The van der Waals surface area contributed by atoms with Crippen molar-refractivity contribution in [3.63, 3.8) is 0 Å². The van der Waals surface area contributed by atoms with Gasteiger partial charge in [-0.25, -0.2) is 0 Å². The van der Waals surface area contributed by atoms with Crippen LogP contribution < -0.4 is 5.73 Å². The predicted octanol–water partition coefficient (Wildman–Crippen LogP) is 4.57. The molecule has 2 rings (SSSR count). The van der Waals surface area contributed by atoms with Crippen LogP contribution in [0.15, 0.2) is 0 Å². The molecule has 0 radical (unpaired) electrons. The van der Waals surface area contributed by atoms with E-state index >= 15 is 0 Å². The summed E-state index contributed by atoms with van der Waals surface area (Å²) in [6.45, 7) is 9.23. The van der Waals surface area contributed by atoms with Gasteiger partial charge in [-0.2, -0.15) is 0 Å². The molecule has 21 heavy (non-hydrogen) atoms. The Labute approximate surface area is 132 Å². The Balaban J connectivity index is 2.13. The molecule has 2 saturated carbocycles. The zero-order valence-corrected chi connectivity index (χ0v) is 14.7. The first kappa shape index (κ1) is 17.3. The minimum atomic E-state index is 0.322. The molecule has 0 aromatic carbocycles. The van der Waals surface area contributed by atoms with Crippen molar-refractivity contribution in [2.24, 2.45) is 17.6 Å². The SMILES string of the molecule is CCC1CCCC(CN)(N(CCC(C)C)C2CCCC2)C1. The van der Waals surface area contributed by atoms with Crippen molar-refractivity contribution in [3.05, 3.63) is 0 Å². The van der Waals surface area contributed by atoms with E-state index in [4.69, 9.17) is 5.73 Å². The van der Waals surface area contributed by atoms with E-state index < -0.39 is 0 Å². The highest BCUT2D eigenvalue weighted by Crippen LogP contribution is 2.41. The molecule has 2 nitrogen and oxygen atoms in total. The first-order valence-electron chi connectivity index (χ1n) is 9.58. The molecule has 0 spiro atoms. The molecule has 2 fully saturated rings. The van der Waals surface area contributed by atoms with Gasteiger partial charge < -0.3 is 5.73 Å². The fourth-order valence-corrected chi connectivity index (χ4v) is 4.79. The van der Waals surface area contributed by atoms with Crippen LogP contribution in [-0.2, 0) is 0 Å². The largest absolute Gasteiger partial charge is 0.329 e. The molecule has 0 amide bonds. The van der Waals surface area contributed by atoms with Gasteiger partial charge in [0.2, 0.25) is 0 Å². The van der Waals surface area contributed by atoms with Gasteiger partial charge in [0.05, 0.1) is 0 Å². The first-order chi connectivity index (χ1) is 10.1. The summed E-state index contributed by atoms with van der Waals surface area (Å²) in [5.74, 6) is 1.71. The number of nitrogens with two attached hydrogens (primary N) is 1. The molecule has 2 N–H and O–H groups in total. The minimum absolute atomic E-state index is 0.322. The third-order valence-corrected chi connectivity index (χ3v) is 6.20. The van der Waals surface area contributed by atoms with Gasteiger partial charge in [-0.15, -0.1) is 0 Å². The lowest BCUT2D eigenvalue weighted by Gasteiger charge is -2.51. The summed E-state index contributed by atoms with van der Waals surface area (Å²) in [5.41, 5.74) is 6.71. The Hall–Kier alpha value is -0.0800. The molecule has 0 heterocycles. The number of nitrogens with zero attached hydrogens (tertiary/aromatic N) is 1. The Morgan fingerprint density at radius 1 is 1.14 bits per heavy atom. The van der Waals surface area contributed by atoms with Gasteiger partial charge >= 0.3 is 0 Å². The predicted molar refractivity (Wildman–Crippen MR) is 92.5 cm³/mol. The van der Waals surface area contributed by atoms with Gasteiger partial charge in [-0.3, -0.25) is 4.90 Å². The van der Waals surface area contributed by atoms with Crippen LogP contribution in [0.3, 0.4) is 0 Å². The summed E-state index contributed by atoms with van der Waals surface area (Å²) >= 11 is 0. The quantitative estimate of drug-likeness (QED) is 0.745. The van der Waals surface area contributed by atoms with E-state index in [1.165, 1.54) is 70.8 Å². The smallest absolute Gasteiger partial charge is 0.0337 e. The molecule has 2 atom stereocenters. The lowest BCUT2D eigenvalue weighted by Crippen LogP contribution is -2.59. The maximum atomic E-state index is 6.39. The highest BCUT2D eigenvalue weighted by molar-refractivity contribution is 4.99. The molecule has 0 aromatic heterocycles. The monoisotopic (exact) mass is 294 g/mol. The maximum Gasteiger partial charge on any atom is 0.0337 e. The van der Waals surface area contributed by atoms with Crippen LogP contribution in [0.25, 0.3) is 0 Å². The second-order valence-electron chi connectivity index (χ2n) is 8.11. The summed E-state index contributed by atoms with van der Waals surface area (Å²) in [6, 6.07) is 0.822. The van der Waals surface area contributed by atoms with Crippen LogP contribution in [0.2, 0.25) is 0 Å². The van der Waals surface area contributed by atoms with Crippen LogP contribution in [0.5, 0.6) is 0 Å². The minimum Gasteiger partial charge on any atom is -0.329 e. The zero-order chi connectivity index (χ0) is 15.3. The van der Waals surface area contributed by atoms with Gasteiger partial charge in [0.1, 0.15) is 0 Å².